The quantitative estimate of drug-likeness (QED) is 0.774. The highest BCUT2D eigenvalue weighted by Gasteiger charge is 2.33. The van der Waals surface area contributed by atoms with Gasteiger partial charge in [-0.3, -0.25) is 9.79 Å². The number of amidine groups is 1. The van der Waals surface area contributed by atoms with Crippen molar-refractivity contribution in [2.45, 2.75) is 57.5 Å². The minimum absolute atomic E-state index is 0.141. The van der Waals surface area contributed by atoms with Crippen molar-refractivity contribution in [2.24, 2.45) is 4.99 Å². The monoisotopic (exact) mass is 269 g/mol. The average molecular weight is 269 g/mol. The van der Waals surface area contributed by atoms with Crippen LogP contribution in [0.5, 0.6) is 0 Å². The fraction of sp³-hybridized carbons (Fsp3) is 0.846. The molecule has 0 radical (unpaired) electrons. The number of thioether (sulfide) groups is 1. The molecule has 0 aromatic carbocycles. The number of carbonyl (C=O) groups is 1. The smallest absolute Gasteiger partial charge is 0.222 e. The van der Waals surface area contributed by atoms with E-state index in [4.69, 9.17) is 0 Å². The minimum Gasteiger partial charge on any atom is -0.359 e. The van der Waals surface area contributed by atoms with Crippen molar-refractivity contribution >= 4 is 22.8 Å². The maximum absolute atomic E-state index is 11.5. The molecule has 1 amide bonds. The fourth-order valence-electron chi connectivity index (χ4n) is 2.01. The summed E-state index contributed by atoms with van der Waals surface area (Å²) in [4.78, 5) is 16.0. The van der Waals surface area contributed by atoms with Gasteiger partial charge in [0.05, 0.1) is 6.54 Å². The first kappa shape index (κ1) is 13.7. The molecule has 0 aromatic rings. The molecule has 0 spiro atoms. The van der Waals surface area contributed by atoms with E-state index in [-0.39, 0.29) is 11.4 Å². The Kier molecular flexibility index (Phi) is 4.54. The van der Waals surface area contributed by atoms with Gasteiger partial charge in [-0.15, -0.1) is 0 Å². The molecule has 0 atom stereocenters. The van der Waals surface area contributed by atoms with E-state index >= 15 is 0 Å². The van der Waals surface area contributed by atoms with Gasteiger partial charge < -0.3 is 10.6 Å². The summed E-state index contributed by atoms with van der Waals surface area (Å²) in [6.07, 6.45) is 5.04. The van der Waals surface area contributed by atoms with Crippen LogP contribution in [0.2, 0.25) is 0 Å². The molecule has 0 aromatic heterocycles. The van der Waals surface area contributed by atoms with Gasteiger partial charge in [-0.2, -0.15) is 0 Å². The number of hydrogen-bond acceptors (Lipinski definition) is 3. The highest BCUT2D eigenvalue weighted by atomic mass is 32.2. The van der Waals surface area contributed by atoms with Gasteiger partial charge in [-0.1, -0.05) is 25.6 Å². The summed E-state index contributed by atoms with van der Waals surface area (Å²) in [7, 11) is 0. The third-order valence-corrected chi connectivity index (χ3v) is 4.95. The van der Waals surface area contributed by atoms with Crippen LogP contribution in [0, 0.1) is 0 Å². The van der Waals surface area contributed by atoms with Gasteiger partial charge in [0, 0.05) is 23.8 Å². The van der Waals surface area contributed by atoms with E-state index in [9.17, 15) is 4.79 Å². The Hall–Kier alpha value is -0.710. The molecule has 1 saturated carbocycles. The van der Waals surface area contributed by atoms with Gasteiger partial charge in [0.1, 0.15) is 0 Å². The van der Waals surface area contributed by atoms with Crippen LogP contribution in [0.4, 0.5) is 0 Å². The Balaban J connectivity index is 1.71. The summed E-state index contributed by atoms with van der Waals surface area (Å²) in [5, 5.41) is 7.51. The summed E-state index contributed by atoms with van der Waals surface area (Å²) in [5.41, 5.74) is 0.222. The second-order valence-corrected chi connectivity index (χ2v) is 6.14. The summed E-state index contributed by atoms with van der Waals surface area (Å²) in [6.45, 7) is 5.02. The van der Waals surface area contributed by atoms with Crippen LogP contribution in [0.15, 0.2) is 4.99 Å². The van der Waals surface area contributed by atoms with Crippen LogP contribution in [0.3, 0.4) is 0 Å². The molecular formula is C13H23N3OS. The van der Waals surface area contributed by atoms with Gasteiger partial charge in [0.15, 0.2) is 5.17 Å². The molecule has 5 heteroatoms. The van der Waals surface area contributed by atoms with Crippen molar-refractivity contribution in [3.05, 3.63) is 0 Å². The van der Waals surface area contributed by atoms with Crippen molar-refractivity contribution in [1.82, 2.24) is 10.6 Å². The molecule has 1 saturated heterocycles. The largest absolute Gasteiger partial charge is 0.359 e. The van der Waals surface area contributed by atoms with Crippen LogP contribution >= 0.6 is 11.8 Å². The second-order valence-electron chi connectivity index (χ2n) is 5.18. The van der Waals surface area contributed by atoms with Crippen molar-refractivity contribution < 1.29 is 4.79 Å². The van der Waals surface area contributed by atoms with E-state index < -0.39 is 0 Å². The first-order valence-electron chi connectivity index (χ1n) is 6.92. The topological polar surface area (TPSA) is 53.5 Å². The summed E-state index contributed by atoms with van der Waals surface area (Å²) in [5.74, 6) is 1.23. The highest BCUT2D eigenvalue weighted by molar-refractivity contribution is 8.14. The fourth-order valence-corrected chi connectivity index (χ4v) is 3.37. The second kappa shape index (κ2) is 5.95. The number of amides is 1. The SMILES string of the molecule is CCC1(CC)CSC(=NCCC(=O)NC2CC2)N1. The van der Waals surface area contributed by atoms with E-state index in [1.165, 1.54) is 0 Å². The molecule has 1 aliphatic heterocycles. The first-order valence-corrected chi connectivity index (χ1v) is 7.91. The van der Waals surface area contributed by atoms with Crippen molar-refractivity contribution in [1.29, 1.82) is 0 Å². The van der Waals surface area contributed by atoms with E-state index in [0.717, 1.165) is 36.6 Å². The van der Waals surface area contributed by atoms with Crippen molar-refractivity contribution in [3.63, 3.8) is 0 Å². The van der Waals surface area contributed by atoms with Crippen LogP contribution in [0.25, 0.3) is 0 Å². The molecule has 2 N–H and O–H groups in total. The van der Waals surface area contributed by atoms with Crippen molar-refractivity contribution in [2.75, 3.05) is 12.3 Å². The molecule has 18 heavy (non-hydrogen) atoms. The average Bonchev–Trinajstić information content (AvgIpc) is 3.08. The molecule has 2 aliphatic rings. The Bertz CT molecular complexity index is 335. The van der Waals surface area contributed by atoms with Gasteiger partial charge in [-0.25, -0.2) is 0 Å². The van der Waals surface area contributed by atoms with E-state index in [1.807, 2.05) is 0 Å². The number of nitrogens with one attached hydrogen (secondary N) is 2. The molecule has 0 bridgehead atoms. The summed E-state index contributed by atoms with van der Waals surface area (Å²) < 4.78 is 0. The molecule has 1 heterocycles. The third kappa shape index (κ3) is 3.64. The molecule has 4 nitrogen and oxygen atoms in total. The van der Waals surface area contributed by atoms with E-state index in [2.05, 4.69) is 29.5 Å². The lowest BCUT2D eigenvalue weighted by Gasteiger charge is -2.25. The van der Waals surface area contributed by atoms with Gasteiger partial charge in [0.2, 0.25) is 5.91 Å². The predicted molar refractivity (Wildman–Crippen MR) is 77.0 cm³/mol. The number of rotatable bonds is 6. The lowest BCUT2D eigenvalue weighted by atomic mass is 9.96. The van der Waals surface area contributed by atoms with Crippen molar-refractivity contribution in [3.8, 4) is 0 Å². The van der Waals surface area contributed by atoms with Crippen LogP contribution in [0.1, 0.15) is 46.0 Å². The Morgan fingerprint density at radius 1 is 1.50 bits per heavy atom. The predicted octanol–water partition coefficient (Wildman–Crippen LogP) is 1.91. The Morgan fingerprint density at radius 3 is 2.78 bits per heavy atom. The molecule has 102 valence electrons. The zero-order valence-corrected chi connectivity index (χ0v) is 12.1. The molecule has 0 unspecified atom stereocenters. The zero-order chi connectivity index (χ0) is 13.0. The zero-order valence-electron chi connectivity index (χ0n) is 11.3. The van der Waals surface area contributed by atoms with Crippen LogP contribution in [-0.2, 0) is 4.79 Å². The molecule has 2 fully saturated rings. The Labute approximate surface area is 113 Å². The normalized spacial score (nSPS) is 24.0. The summed E-state index contributed by atoms with van der Waals surface area (Å²) in [6, 6.07) is 0.456. The lowest BCUT2D eigenvalue weighted by Crippen LogP contribution is -2.42. The maximum atomic E-state index is 11.5. The number of hydrogen-bond donors (Lipinski definition) is 2. The standard InChI is InChI=1S/C13H23N3OS/c1-3-13(4-2)9-18-12(16-13)14-8-7-11(17)15-10-5-6-10/h10H,3-9H2,1-2H3,(H,14,16)(H,15,17). The van der Waals surface area contributed by atoms with Gasteiger partial charge >= 0.3 is 0 Å². The van der Waals surface area contributed by atoms with Gasteiger partial charge in [0.25, 0.3) is 0 Å². The number of aliphatic imine (C=N–C) groups is 1. The molecular weight excluding hydrogens is 246 g/mol. The lowest BCUT2D eigenvalue weighted by molar-refractivity contribution is -0.121. The molecule has 1 aliphatic carbocycles. The minimum atomic E-state index is 0.141. The molecule has 2 rings (SSSR count). The van der Waals surface area contributed by atoms with Gasteiger partial charge in [-0.05, 0) is 25.7 Å². The van der Waals surface area contributed by atoms with Crippen LogP contribution in [-0.4, -0.2) is 35.0 Å². The third-order valence-electron chi connectivity index (χ3n) is 3.75. The van der Waals surface area contributed by atoms with Crippen LogP contribution < -0.4 is 10.6 Å². The van der Waals surface area contributed by atoms with E-state index in [0.29, 0.717) is 19.0 Å². The first-order chi connectivity index (χ1) is 8.67. The highest BCUT2D eigenvalue weighted by Crippen LogP contribution is 2.28. The maximum Gasteiger partial charge on any atom is 0.222 e. The Morgan fingerprint density at radius 2 is 2.22 bits per heavy atom. The summed E-state index contributed by atoms with van der Waals surface area (Å²) >= 11 is 1.78. The van der Waals surface area contributed by atoms with E-state index in [1.54, 1.807) is 11.8 Å². The number of carbonyl (C=O) groups excluding carboxylic acids is 1. The number of nitrogens with zero attached hydrogens (tertiary/aromatic N) is 1.